The molecule has 0 N–H and O–H groups in total. The summed E-state index contributed by atoms with van der Waals surface area (Å²) in [6.45, 7) is 0. The van der Waals surface area contributed by atoms with Crippen LogP contribution in [0.5, 0.6) is 0 Å². The molecule has 0 saturated heterocycles. The van der Waals surface area contributed by atoms with Crippen molar-refractivity contribution in [3.8, 4) is 6.07 Å². The van der Waals surface area contributed by atoms with Gasteiger partial charge >= 0.3 is 0 Å². The molecular formula is C11H10FNS. The first-order valence-electron chi connectivity index (χ1n) is 4.25. The molecule has 1 nitrogen and oxygen atoms in total. The molecule has 0 spiro atoms. The second-order valence-electron chi connectivity index (χ2n) is 2.77. The Labute approximate surface area is 88.3 Å². The van der Waals surface area contributed by atoms with E-state index < -0.39 is 5.82 Å². The highest BCUT2D eigenvalue weighted by molar-refractivity contribution is 7.80. The Morgan fingerprint density at radius 2 is 2.29 bits per heavy atom. The number of nitrogens with zero attached hydrogens (tertiary/aromatic N) is 1. The van der Waals surface area contributed by atoms with E-state index in [1.54, 1.807) is 12.1 Å². The summed E-state index contributed by atoms with van der Waals surface area (Å²) in [5, 5.41) is 8.51. The molecule has 72 valence electrons. The maximum atomic E-state index is 13.1. The maximum Gasteiger partial charge on any atom is 0.141 e. The van der Waals surface area contributed by atoms with Crippen LogP contribution in [-0.4, -0.2) is 5.75 Å². The van der Waals surface area contributed by atoms with E-state index in [1.165, 1.54) is 12.1 Å². The second kappa shape index (κ2) is 5.46. The summed E-state index contributed by atoms with van der Waals surface area (Å²) < 4.78 is 13.1. The standard InChI is InChI=1S/C11H10FNS/c12-11-7-9(3-1-2-6-14)4-5-10(11)8-13/h1,3-5,7,14H,2,6H2. The highest BCUT2D eigenvalue weighted by Gasteiger charge is 1.99. The summed E-state index contributed by atoms with van der Waals surface area (Å²) >= 11 is 4.05. The lowest BCUT2D eigenvalue weighted by atomic mass is 10.1. The molecule has 0 heterocycles. The lowest BCUT2D eigenvalue weighted by Crippen LogP contribution is -1.83. The molecule has 0 amide bonds. The minimum atomic E-state index is -0.472. The van der Waals surface area contributed by atoms with Crippen LogP contribution >= 0.6 is 12.6 Å². The van der Waals surface area contributed by atoms with Gasteiger partial charge in [0, 0.05) is 0 Å². The molecular weight excluding hydrogens is 197 g/mol. The normalized spacial score (nSPS) is 10.4. The van der Waals surface area contributed by atoms with E-state index in [0.29, 0.717) is 0 Å². The predicted molar refractivity (Wildman–Crippen MR) is 58.6 cm³/mol. The molecule has 0 unspecified atom stereocenters. The Kier molecular flexibility index (Phi) is 4.21. The molecule has 0 fully saturated rings. The molecule has 0 bridgehead atoms. The Morgan fingerprint density at radius 3 is 2.86 bits per heavy atom. The fraction of sp³-hybridized carbons (Fsp3) is 0.182. The highest BCUT2D eigenvalue weighted by atomic mass is 32.1. The first kappa shape index (κ1) is 10.8. The van der Waals surface area contributed by atoms with Crippen molar-refractivity contribution in [2.45, 2.75) is 6.42 Å². The first-order chi connectivity index (χ1) is 6.77. The number of rotatable bonds is 3. The smallest absolute Gasteiger partial charge is 0.141 e. The summed E-state index contributed by atoms with van der Waals surface area (Å²) in [5.41, 5.74) is 0.847. The molecule has 3 heteroatoms. The molecule has 0 atom stereocenters. The van der Waals surface area contributed by atoms with Gasteiger partial charge in [-0.3, -0.25) is 0 Å². The van der Waals surface area contributed by atoms with Crippen LogP contribution in [0.25, 0.3) is 6.08 Å². The van der Waals surface area contributed by atoms with Crippen LogP contribution in [0.3, 0.4) is 0 Å². The highest BCUT2D eigenvalue weighted by Crippen LogP contribution is 2.10. The summed E-state index contributed by atoms with van der Waals surface area (Å²) in [5.74, 6) is 0.301. The number of allylic oxidation sites excluding steroid dienone is 1. The topological polar surface area (TPSA) is 23.8 Å². The van der Waals surface area contributed by atoms with Gasteiger partial charge in [-0.15, -0.1) is 0 Å². The number of benzene rings is 1. The Hall–Kier alpha value is -1.27. The van der Waals surface area contributed by atoms with Crippen molar-refractivity contribution >= 4 is 18.7 Å². The van der Waals surface area contributed by atoms with Crippen LogP contribution < -0.4 is 0 Å². The average Bonchev–Trinajstić information content (AvgIpc) is 2.18. The molecule has 0 radical (unpaired) electrons. The van der Waals surface area contributed by atoms with E-state index in [-0.39, 0.29) is 5.56 Å². The number of hydrogen-bond acceptors (Lipinski definition) is 2. The fourth-order valence-electron chi connectivity index (χ4n) is 1.02. The van der Waals surface area contributed by atoms with Gasteiger partial charge in [0.2, 0.25) is 0 Å². The van der Waals surface area contributed by atoms with Gasteiger partial charge in [0.15, 0.2) is 0 Å². The summed E-state index contributed by atoms with van der Waals surface area (Å²) in [6.07, 6.45) is 4.60. The van der Waals surface area contributed by atoms with Crippen molar-refractivity contribution in [2.75, 3.05) is 5.75 Å². The predicted octanol–water partition coefficient (Wildman–Crippen LogP) is 3.03. The monoisotopic (exact) mass is 207 g/mol. The molecule has 0 aromatic heterocycles. The third kappa shape index (κ3) is 2.90. The van der Waals surface area contributed by atoms with Crippen LogP contribution in [0, 0.1) is 17.1 Å². The van der Waals surface area contributed by atoms with Gasteiger partial charge in [-0.05, 0) is 29.9 Å². The average molecular weight is 207 g/mol. The van der Waals surface area contributed by atoms with Crippen molar-refractivity contribution < 1.29 is 4.39 Å². The summed E-state index contributed by atoms with van der Waals surface area (Å²) in [7, 11) is 0. The molecule has 1 aromatic carbocycles. The third-order valence-electron chi connectivity index (χ3n) is 1.72. The zero-order valence-electron chi connectivity index (χ0n) is 7.57. The van der Waals surface area contributed by atoms with E-state index in [9.17, 15) is 4.39 Å². The zero-order chi connectivity index (χ0) is 10.4. The maximum absolute atomic E-state index is 13.1. The quantitative estimate of drug-likeness (QED) is 0.757. The van der Waals surface area contributed by atoms with Crippen molar-refractivity contribution in [2.24, 2.45) is 0 Å². The number of thiol groups is 1. The van der Waals surface area contributed by atoms with Crippen LogP contribution in [0.4, 0.5) is 4.39 Å². The lowest BCUT2D eigenvalue weighted by Gasteiger charge is -1.95. The minimum Gasteiger partial charge on any atom is -0.206 e. The Bertz CT molecular complexity index is 379. The third-order valence-corrected chi connectivity index (χ3v) is 1.98. The Morgan fingerprint density at radius 1 is 1.50 bits per heavy atom. The van der Waals surface area contributed by atoms with Crippen LogP contribution in [-0.2, 0) is 0 Å². The molecule has 0 aliphatic rings. The van der Waals surface area contributed by atoms with Gasteiger partial charge in [0.25, 0.3) is 0 Å². The second-order valence-corrected chi connectivity index (χ2v) is 3.21. The van der Waals surface area contributed by atoms with Crippen molar-refractivity contribution in [3.63, 3.8) is 0 Å². The first-order valence-corrected chi connectivity index (χ1v) is 4.88. The van der Waals surface area contributed by atoms with Gasteiger partial charge < -0.3 is 0 Å². The van der Waals surface area contributed by atoms with Crippen molar-refractivity contribution in [1.29, 1.82) is 5.26 Å². The number of halogens is 1. The van der Waals surface area contributed by atoms with E-state index in [2.05, 4.69) is 12.6 Å². The van der Waals surface area contributed by atoms with Crippen LogP contribution in [0.2, 0.25) is 0 Å². The minimum absolute atomic E-state index is 0.0799. The number of hydrogen-bond donors (Lipinski definition) is 1. The fourth-order valence-corrected chi connectivity index (χ4v) is 1.17. The largest absolute Gasteiger partial charge is 0.206 e. The zero-order valence-corrected chi connectivity index (χ0v) is 8.47. The van der Waals surface area contributed by atoms with E-state index in [0.717, 1.165) is 17.7 Å². The lowest BCUT2D eigenvalue weighted by molar-refractivity contribution is 0.623. The molecule has 1 rings (SSSR count). The van der Waals surface area contributed by atoms with Gasteiger partial charge in [0.05, 0.1) is 5.56 Å². The van der Waals surface area contributed by atoms with Gasteiger partial charge in [-0.1, -0.05) is 18.2 Å². The SMILES string of the molecule is N#Cc1ccc(C=CCCS)cc1F. The van der Waals surface area contributed by atoms with E-state index in [1.807, 2.05) is 12.2 Å². The Balaban J connectivity index is 2.82. The number of nitriles is 1. The molecule has 0 aliphatic heterocycles. The van der Waals surface area contributed by atoms with Gasteiger partial charge in [-0.2, -0.15) is 17.9 Å². The van der Waals surface area contributed by atoms with Crippen LogP contribution in [0.15, 0.2) is 24.3 Å². The molecule has 1 aromatic rings. The van der Waals surface area contributed by atoms with Crippen molar-refractivity contribution in [3.05, 3.63) is 41.2 Å². The van der Waals surface area contributed by atoms with Gasteiger partial charge in [0.1, 0.15) is 11.9 Å². The van der Waals surface area contributed by atoms with Gasteiger partial charge in [-0.25, -0.2) is 4.39 Å². The molecule has 0 aliphatic carbocycles. The van der Waals surface area contributed by atoms with E-state index in [4.69, 9.17) is 5.26 Å². The van der Waals surface area contributed by atoms with E-state index >= 15 is 0 Å². The summed E-state index contributed by atoms with van der Waals surface area (Å²) in [4.78, 5) is 0. The van der Waals surface area contributed by atoms with Crippen LogP contribution in [0.1, 0.15) is 17.5 Å². The van der Waals surface area contributed by atoms with Crippen molar-refractivity contribution in [1.82, 2.24) is 0 Å². The summed E-state index contributed by atoms with van der Waals surface area (Å²) in [6, 6.07) is 6.33. The molecule has 14 heavy (non-hydrogen) atoms. The molecule has 0 saturated carbocycles.